The normalized spacial score (nSPS) is 26.4. The van der Waals surface area contributed by atoms with E-state index in [1.807, 2.05) is 0 Å². The number of esters is 1. The Kier molecular flexibility index (Phi) is 8.81. The molecule has 1 aromatic heterocycles. The smallest absolute Gasteiger partial charge is 0.459 e. The van der Waals surface area contributed by atoms with Crippen molar-refractivity contribution in [2.24, 2.45) is 0 Å². The first kappa shape index (κ1) is 28.1. The number of carbonyl (C=O) groups excluding carboxylic acids is 1. The first-order valence-corrected chi connectivity index (χ1v) is 13.1. The molecule has 12 nitrogen and oxygen atoms in total. The Morgan fingerprint density at radius 3 is 2.61 bits per heavy atom. The van der Waals surface area contributed by atoms with Gasteiger partial charge in [-0.2, -0.15) is 10.1 Å². The lowest BCUT2D eigenvalue weighted by molar-refractivity contribution is -0.149. The van der Waals surface area contributed by atoms with Gasteiger partial charge in [-0.1, -0.05) is 18.2 Å². The van der Waals surface area contributed by atoms with Gasteiger partial charge in [0, 0.05) is 6.20 Å². The molecule has 1 fully saturated rings. The van der Waals surface area contributed by atoms with Crippen LogP contribution in [0.15, 0.2) is 47.4 Å². The summed E-state index contributed by atoms with van der Waals surface area (Å²) < 4.78 is 36.9. The van der Waals surface area contributed by atoms with Crippen molar-refractivity contribution in [2.75, 3.05) is 12.3 Å². The number of para-hydroxylation sites is 1. The van der Waals surface area contributed by atoms with E-state index in [0.29, 0.717) is 0 Å². The summed E-state index contributed by atoms with van der Waals surface area (Å²) in [6, 6.07) is 8.53. The van der Waals surface area contributed by atoms with E-state index in [9.17, 15) is 19.3 Å². The Morgan fingerprint density at radius 2 is 2.00 bits per heavy atom. The van der Waals surface area contributed by atoms with Crippen LogP contribution in [0.25, 0.3) is 0 Å². The van der Waals surface area contributed by atoms with Crippen molar-refractivity contribution < 1.29 is 33.0 Å². The van der Waals surface area contributed by atoms with Gasteiger partial charge in [-0.3, -0.25) is 13.9 Å². The number of nitrogen functional groups attached to an aromatic ring is 1. The fraction of sp³-hybridized carbons (Fsp3) is 0.500. The summed E-state index contributed by atoms with van der Waals surface area (Å²) in [5.41, 5.74) is 4.82. The number of hydrogen-bond acceptors (Lipinski definition) is 10. The van der Waals surface area contributed by atoms with Crippen molar-refractivity contribution in [2.45, 2.75) is 63.2 Å². The molecule has 0 amide bonds. The fourth-order valence-electron chi connectivity index (χ4n) is 3.46. The minimum absolute atomic E-state index is 0.0149. The summed E-state index contributed by atoms with van der Waals surface area (Å²) in [4.78, 5) is 26.8. The predicted molar refractivity (Wildman–Crippen MR) is 132 cm³/mol. The maximum atomic E-state index is 13.6. The Hall–Kier alpha value is -2.47. The third kappa shape index (κ3) is 6.64. The number of nitrogens with one attached hydrogen (secondary N) is 1. The van der Waals surface area contributed by atoms with Gasteiger partial charge in [-0.15, -0.1) is 11.6 Å². The molecule has 2 aromatic rings. The summed E-state index contributed by atoms with van der Waals surface area (Å²) in [5.74, 6) is -0.433. The molecule has 2 heterocycles. The highest BCUT2D eigenvalue weighted by atomic mass is 35.5. The number of aromatic nitrogens is 2. The number of alkyl halides is 1. The second kappa shape index (κ2) is 11.3. The second-order valence-electron chi connectivity index (χ2n) is 8.70. The molecular formula is C22H30ClN4O8P. The van der Waals surface area contributed by atoms with Crippen molar-refractivity contribution in [3.05, 3.63) is 53.1 Å². The van der Waals surface area contributed by atoms with E-state index in [0.717, 1.165) is 4.57 Å². The van der Waals surface area contributed by atoms with Crippen LogP contribution in [0.1, 0.15) is 33.9 Å². The quantitative estimate of drug-likeness (QED) is 0.228. The van der Waals surface area contributed by atoms with Crippen LogP contribution < -0.4 is 21.0 Å². The summed E-state index contributed by atoms with van der Waals surface area (Å²) in [6.07, 6.45) is -2.63. The average molecular weight is 545 g/mol. The number of benzene rings is 1. The molecule has 14 heteroatoms. The molecule has 0 radical (unpaired) electrons. The topological polar surface area (TPSA) is 164 Å². The van der Waals surface area contributed by atoms with Gasteiger partial charge in [0.25, 0.3) is 0 Å². The maximum absolute atomic E-state index is 13.6. The lowest BCUT2D eigenvalue weighted by Crippen LogP contribution is -2.42. The van der Waals surface area contributed by atoms with Gasteiger partial charge in [0.1, 0.15) is 34.7 Å². The van der Waals surface area contributed by atoms with E-state index in [4.69, 9.17) is 35.9 Å². The second-order valence-corrected chi connectivity index (χ2v) is 11.2. The molecule has 0 unspecified atom stereocenters. The number of anilines is 1. The predicted octanol–water partition coefficient (Wildman–Crippen LogP) is 2.21. The molecular weight excluding hydrogens is 515 g/mol. The molecule has 4 N–H and O–H groups in total. The number of aliphatic hydroxyl groups is 1. The van der Waals surface area contributed by atoms with Crippen molar-refractivity contribution in [1.82, 2.24) is 14.6 Å². The molecule has 0 bridgehead atoms. The van der Waals surface area contributed by atoms with Crippen LogP contribution in [-0.2, 0) is 23.4 Å². The number of nitrogens with two attached hydrogens (primary N) is 1. The van der Waals surface area contributed by atoms with Gasteiger partial charge in [0.15, 0.2) is 6.23 Å². The maximum Gasteiger partial charge on any atom is 0.459 e. The molecule has 0 saturated carbocycles. The van der Waals surface area contributed by atoms with Crippen molar-refractivity contribution in [3.63, 3.8) is 0 Å². The zero-order valence-corrected chi connectivity index (χ0v) is 21.9. The number of carbonyl (C=O) groups is 1. The zero-order chi connectivity index (χ0) is 26.7. The van der Waals surface area contributed by atoms with Gasteiger partial charge in [0.05, 0.1) is 12.7 Å². The van der Waals surface area contributed by atoms with Crippen LogP contribution in [-0.4, -0.2) is 56.5 Å². The van der Waals surface area contributed by atoms with E-state index in [1.54, 1.807) is 44.2 Å². The molecule has 1 saturated heterocycles. The van der Waals surface area contributed by atoms with E-state index < -0.39 is 55.4 Å². The summed E-state index contributed by atoms with van der Waals surface area (Å²) in [5, 5.41) is 13.4. The van der Waals surface area contributed by atoms with Gasteiger partial charge < -0.3 is 24.8 Å². The van der Waals surface area contributed by atoms with E-state index >= 15 is 0 Å². The number of ether oxygens (including phenoxy) is 2. The summed E-state index contributed by atoms with van der Waals surface area (Å²) in [7, 11) is -4.21. The molecule has 198 valence electrons. The molecule has 1 aliphatic heterocycles. The van der Waals surface area contributed by atoms with Gasteiger partial charge >= 0.3 is 19.4 Å². The number of aliphatic hydroxyl groups excluding tert-OH is 1. The number of hydrogen-bond donors (Lipinski definition) is 3. The molecule has 0 aliphatic carbocycles. The van der Waals surface area contributed by atoms with Crippen LogP contribution in [0, 0.1) is 0 Å². The van der Waals surface area contributed by atoms with Crippen LogP contribution >= 0.6 is 19.3 Å². The van der Waals surface area contributed by atoms with Crippen LogP contribution in [0.5, 0.6) is 5.75 Å². The first-order chi connectivity index (χ1) is 16.8. The minimum atomic E-state index is -4.21. The molecule has 3 rings (SSSR count). The monoisotopic (exact) mass is 544 g/mol. The molecule has 6 atom stereocenters. The van der Waals surface area contributed by atoms with Crippen molar-refractivity contribution >= 4 is 31.1 Å². The Balaban J connectivity index is 1.79. The molecule has 1 aliphatic rings. The Labute approximate surface area is 213 Å². The molecule has 0 spiro atoms. The van der Waals surface area contributed by atoms with Gasteiger partial charge in [-0.25, -0.2) is 9.36 Å². The highest BCUT2D eigenvalue weighted by molar-refractivity contribution is 7.52. The summed E-state index contributed by atoms with van der Waals surface area (Å²) >= 11 is 6.55. The third-order valence-corrected chi connectivity index (χ3v) is 7.31. The zero-order valence-electron chi connectivity index (χ0n) is 20.2. The number of rotatable bonds is 10. The van der Waals surface area contributed by atoms with Gasteiger partial charge in [0.2, 0.25) is 0 Å². The fourth-order valence-corrected chi connectivity index (χ4v) is 5.26. The van der Waals surface area contributed by atoms with Crippen molar-refractivity contribution in [3.8, 4) is 5.75 Å². The van der Waals surface area contributed by atoms with Gasteiger partial charge in [-0.05, 0) is 45.9 Å². The number of halogens is 1. The Morgan fingerprint density at radius 1 is 1.33 bits per heavy atom. The van der Waals surface area contributed by atoms with Crippen LogP contribution in [0.2, 0.25) is 0 Å². The lowest BCUT2D eigenvalue weighted by Gasteiger charge is -2.26. The molecule has 1 aromatic carbocycles. The van der Waals surface area contributed by atoms with Crippen LogP contribution in [0.3, 0.4) is 0 Å². The number of nitrogens with zero attached hydrogens (tertiary/aromatic N) is 2. The van der Waals surface area contributed by atoms with E-state index in [1.165, 1.54) is 26.1 Å². The highest BCUT2D eigenvalue weighted by Gasteiger charge is 2.54. The van der Waals surface area contributed by atoms with E-state index in [2.05, 4.69) is 10.1 Å². The largest absolute Gasteiger partial charge is 0.462 e. The third-order valence-electron chi connectivity index (χ3n) is 5.26. The summed E-state index contributed by atoms with van der Waals surface area (Å²) in [6.45, 7) is 5.83. The van der Waals surface area contributed by atoms with E-state index in [-0.39, 0.29) is 17.7 Å². The molecule has 36 heavy (non-hydrogen) atoms. The van der Waals surface area contributed by atoms with Crippen LogP contribution in [0.4, 0.5) is 5.82 Å². The average Bonchev–Trinajstić information content (AvgIpc) is 3.01. The highest BCUT2D eigenvalue weighted by Crippen LogP contribution is 2.48. The lowest BCUT2D eigenvalue weighted by atomic mass is 10.0. The first-order valence-electron chi connectivity index (χ1n) is 11.2. The Bertz CT molecular complexity index is 1160. The SMILES string of the molecule is CC(C)OC(=O)[C@@H](C)N[P@](=O)(OC[C@H]1O[C@@H](n2ccc(N)nc2=O)[C@](C)(Cl)[C@@H]1O)Oc1ccccc1. The minimum Gasteiger partial charge on any atom is -0.462 e. The standard InChI is InChI=1S/C22H30ClN4O8P/c1-13(2)33-19(29)14(3)26-36(31,35-15-8-6-5-7-9-15)32-12-16-18(28)22(4,23)20(34-16)27-11-10-17(24)25-21(27)30/h5-11,13-14,16,18,20,28H,12H2,1-4H3,(H,26,31)(H2,24,25,30)/t14-,16-,18-,20-,22-,36+/m1/s1. The van der Waals surface area contributed by atoms with Crippen molar-refractivity contribution in [1.29, 1.82) is 0 Å².